The molecule has 1 aliphatic rings. The van der Waals surface area contributed by atoms with Crippen molar-refractivity contribution in [2.45, 2.75) is 33.6 Å². The summed E-state index contributed by atoms with van der Waals surface area (Å²) < 4.78 is 0. The minimum Gasteiger partial charge on any atom is -0.461 e. The fourth-order valence-electron chi connectivity index (χ4n) is 1.17. The van der Waals surface area contributed by atoms with E-state index in [4.69, 9.17) is 6.72 Å². The van der Waals surface area contributed by atoms with E-state index in [1.807, 2.05) is 20.1 Å². The summed E-state index contributed by atoms with van der Waals surface area (Å²) in [6, 6.07) is 3.50. The Hall–Kier alpha value is -0.245. The maximum absolute atomic E-state index is 10.4. The van der Waals surface area contributed by atoms with Crippen LogP contribution in [0.4, 0.5) is 5.69 Å². The van der Waals surface area contributed by atoms with Crippen molar-refractivity contribution >= 4 is 18.7 Å². The van der Waals surface area contributed by atoms with Crippen LogP contribution in [0.15, 0.2) is 17.1 Å². The van der Waals surface area contributed by atoms with Crippen LogP contribution >= 0.6 is 0 Å². The second kappa shape index (κ2) is 18.8. The van der Waals surface area contributed by atoms with Gasteiger partial charge in [0.15, 0.2) is 0 Å². The minimum absolute atomic E-state index is 0. The Bertz CT molecular complexity index is 369. The zero-order chi connectivity index (χ0) is 14.1. The molecule has 0 atom stereocenters. The van der Waals surface area contributed by atoms with Gasteiger partial charge in [0.1, 0.15) is 0 Å². The molecule has 1 aromatic rings. The molecule has 22 heavy (non-hydrogen) atoms. The average Bonchev–Trinajstić information content (AvgIpc) is 3.17. The summed E-state index contributed by atoms with van der Waals surface area (Å²) in [6.45, 7) is 17.6. The van der Waals surface area contributed by atoms with E-state index in [1.54, 1.807) is 19.1 Å². The largest absolute Gasteiger partial charge is 1.00 e. The average molecular weight is 287 g/mol. The summed E-state index contributed by atoms with van der Waals surface area (Å²) in [6.07, 6.45) is 4.60. The molecule has 0 amide bonds. The van der Waals surface area contributed by atoms with E-state index in [0.29, 0.717) is 11.3 Å². The van der Waals surface area contributed by atoms with Gasteiger partial charge in [0, 0.05) is 0 Å². The zero-order valence-electron chi connectivity index (χ0n) is 15.5. The smallest absolute Gasteiger partial charge is 0.461 e. The van der Waals surface area contributed by atoms with Crippen LogP contribution in [-0.2, 0) is 4.79 Å². The standard InChI is InChI=1S/C10H9NO.C4H7.C2H5.2CH3.2Li/c1-7-5-10(11-3)8(2)4-9(7)6-12;1-4-2-3-4;1-2;;;;/h3-5H,1-2H3;4H,1-3H2;1H2,2H3;2*1H3;;/q-2;4*-1;2*+1. The molecule has 0 N–H and O–H groups in total. The van der Waals surface area contributed by atoms with Crippen LogP contribution in [0.3, 0.4) is 0 Å². The van der Waals surface area contributed by atoms with Crippen LogP contribution in [0.2, 0.25) is 0 Å². The molecule has 1 saturated carbocycles. The molecular formula is C18H27Li2NO-4. The molecule has 0 heterocycles. The van der Waals surface area contributed by atoms with Gasteiger partial charge >= 0.3 is 37.7 Å². The summed E-state index contributed by atoms with van der Waals surface area (Å²) in [4.78, 5) is 14.0. The quantitative estimate of drug-likeness (QED) is 0.388. The van der Waals surface area contributed by atoms with E-state index < -0.39 is 0 Å². The van der Waals surface area contributed by atoms with Gasteiger partial charge in [0.25, 0.3) is 0 Å². The summed E-state index contributed by atoms with van der Waals surface area (Å²) in [7, 11) is 0. The van der Waals surface area contributed by atoms with Crippen LogP contribution in [0.5, 0.6) is 0 Å². The van der Waals surface area contributed by atoms with Gasteiger partial charge in [0.2, 0.25) is 0 Å². The third-order valence-corrected chi connectivity index (χ3v) is 2.49. The van der Waals surface area contributed by atoms with Crippen molar-refractivity contribution in [3.8, 4) is 0 Å². The van der Waals surface area contributed by atoms with E-state index in [-0.39, 0.29) is 52.6 Å². The van der Waals surface area contributed by atoms with Crippen molar-refractivity contribution in [1.82, 2.24) is 0 Å². The number of carbonyl (C=O) groups excluding carboxylic acids is 1. The molecule has 4 heteroatoms. The van der Waals surface area contributed by atoms with Crippen molar-refractivity contribution in [3.63, 3.8) is 0 Å². The van der Waals surface area contributed by atoms with Crippen LogP contribution in [0, 0.1) is 48.5 Å². The van der Waals surface area contributed by atoms with Gasteiger partial charge in [-0.2, -0.15) is 48.4 Å². The Balaban J connectivity index is -0.0000000834. The molecule has 1 aromatic carbocycles. The molecule has 2 nitrogen and oxygen atoms in total. The second-order valence-corrected chi connectivity index (χ2v) is 4.13. The third kappa shape index (κ3) is 13.4. The first-order valence-corrected chi connectivity index (χ1v) is 6.02. The fraction of sp³-hybridized carbons (Fsp3) is 0.333. The van der Waals surface area contributed by atoms with Crippen LogP contribution in [0.1, 0.15) is 36.5 Å². The van der Waals surface area contributed by atoms with Gasteiger partial charge in [-0.15, -0.1) is 5.69 Å². The molecular weight excluding hydrogens is 260 g/mol. The van der Waals surface area contributed by atoms with E-state index in [2.05, 4.69) is 18.8 Å². The van der Waals surface area contributed by atoms with Gasteiger partial charge < -0.3 is 38.5 Å². The van der Waals surface area contributed by atoms with Crippen molar-refractivity contribution in [2.75, 3.05) is 0 Å². The Morgan fingerprint density at radius 3 is 1.82 bits per heavy atom. The van der Waals surface area contributed by atoms with Crippen LogP contribution in [0.25, 0.3) is 0 Å². The summed E-state index contributed by atoms with van der Waals surface area (Å²) >= 11 is 0. The first kappa shape index (κ1) is 33.4. The molecule has 0 saturated heterocycles. The Morgan fingerprint density at radius 1 is 1.14 bits per heavy atom. The normalized spacial score (nSPS) is 10.2. The molecule has 0 radical (unpaired) electrons. The molecule has 2 rings (SSSR count). The number of rotatable bonds is 2. The molecule has 1 aliphatic carbocycles. The molecule has 0 aliphatic heterocycles. The third-order valence-electron chi connectivity index (χ3n) is 2.49. The number of hydrogen-bond acceptors (Lipinski definition) is 2. The SMILES string of the molecule is [CH-]=Nc1cc(C)c([C-]=O)cc1C.[CH2-]C.[CH2-]C1CC1.[CH3-].[CH3-].[Li+].[Li+]. The van der Waals surface area contributed by atoms with Gasteiger partial charge in [0.05, 0.1) is 6.29 Å². The van der Waals surface area contributed by atoms with E-state index in [0.717, 1.165) is 17.0 Å². The summed E-state index contributed by atoms with van der Waals surface area (Å²) in [5.41, 5.74) is 3.02. The monoisotopic (exact) mass is 287 g/mol. The topological polar surface area (TPSA) is 29.4 Å². The van der Waals surface area contributed by atoms with Crippen molar-refractivity contribution in [3.05, 3.63) is 57.5 Å². The minimum atomic E-state index is 0. The maximum Gasteiger partial charge on any atom is 1.00 e. The molecule has 0 aromatic heterocycles. The Labute approximate surface area is 162 Å². The summed E-state index contributed by atoms with van der Waals surface area (Å²) in [5, 5.41) is 0. The molecule has 0 unspecified atom stereocenters. The fourth-order valence-corrected chi connectivity index (χ4v) is 1.17. The molecule has 1 fully saturated rings. The van der Waals surface area contributed by atoms with E-state index in [1.165, 1.54) is 12.8 Å². The summed E-state index contributed by atoms with van der Waals surface area (Å²) in [5.74, 6) is 0.833. The van der Waals surface area contributed by atoms with Gasteiger partial charge in [-0.1, -0.05) is 26.7 Å². The molecule has 116 valence electrons. The van der Waals surface area contributed by atoms with Gasteiger partial charge in [-0.3, -0.25) is 0 Å². The Morgan fingerprint density at radius 2 is 1.55 bits per heavy atom. The van der Waals surface area contributed by atoms with Crippen molar-refractivity contribution < 1.29 is 42.5 Å². The number of aryl methyl sites for hydroxylation is 2. The predicted molar refractivity (Wildman–Crippen MR) is 90.8 cm³/mol. The number of aliphatic imine (C=N–C) groups is 1. The van der Waals surface area contributed by atoms with Crippen LogP contribution in [-0.4, -0.2) is 13.0 Å². The van der Waals surface area contributed by atoms with Crippen LogP contribution < -0.4 is 37.7 Å². The second-order valence-electron chi connectivity index (χ2n) is 4.13. The molecule has 0 spiro atoms. The van der Waals surface area contributed by atoms with Gasteiger partial charge in [-0.05, 0) is 0 Å². The number of hydrogen-bond donors (Lipinski definition) is 0. The number of benzene rings is 1. The first-order valence-electron chi connectivity index (χ1n) is 6.02. The van der Waals surface area contributed by atoms with Crippen molar-refractivity contribution in [1.29, 1.82) is 0 Å². The van der Waals surface area contributed by atoms with Crippen molar-refractivity contribution in [2.24, 2.45) is 10.9 Å². The number of nitrogens with zero attached hydrogens (tertiary/aromatic N) is 1. The Kier molecular flexibility index (Phi) is 28.5. The molecule has 0 bridgehead atoms. The first-order chi connectivity index (χ1) is 8.58. The van der Waals surface area contributed by atoms with E-state index in [9.17, 15) is 4.79 Å². The predicted octanol–water partition coefficient (Wildman–Crippen LogP) is -1.05. The van der Waals surface area contributed by atoms with E-state index >= 15 is 0 Å². The van der Waals surface area contributed by atoms with Gasteiger partial charge in [-0.25, -0.2) is 0 Å². The maximum atomic E-state index is 10.4. The zero-order valence-corrected chi connectivity index (χ0v) is 15.5.